The van der Waals surface area contributed by atoms with Gasteiger partial charge < -0.3 is 10.5 Å². The number of nitrogens with zero attached hydrogens (tertiary/aromatic N) is 3. The van der Waals surface area contributed by atoms with Crippen molar-refractivity contribution in [1.82, 2.24) is 0 Å². The first kappa shape index (κ1) is 29.1. The predicted octanol–water partition coefficient (Wildman–Crippen LogP) is 7.49. The van der Waals surface area contributed by atoms with Crippen molar-refractivity contribution in [3.05, 3.63) is 120 Å². The van der Waals surface area contributed by atoms with Crippen molar-refractivity contribution in [3.8, 4) is 11.8 Å². The summed E-state index contributed by atoms with van der Waals surface area (Å²) in [5.41, 5.74) is 11.3. The van der Waals surface area contributed by atoms with Gasteiger partial charge in [-0.3, -0.25) is 19.8 Å². The highest BCUT2D eigenvalue weighted by atomic mass is 79.9. The first-order valence-corrected chi connectivity index (χ1v) is 14.4. The molecule has 9 heteroatoms. The van der Waals surface area contributed by atoms with Gasteiger partial charge in [0.15, 0.2) is 5.78 Å². The van der Waals surface area contributed by atoms with Gasteiger partial charge in [-0.1, -0.05) is 54.0 Å². The lowest BCUT2D eigenvalue weighted by Crippen LogP contribution is -2.42. The lowest BCUT2D eigenvalue weighted by Gasteiger charge is -2.43. The van der Waals surface area contributed by atoms with E-state index >= 15 is 0 Å². The number of aryl methyl sites for hydroxylation is 2. The van der Waals surface area contributed by atoms with Gasteiger partial charge in [-0.2, -0.15) is 5.26 Å². The second-order valence-electron chi connectivity index (χ2n) is 11.6. The molecular weight excluding hydrogens is 596 g/mol. The maximum absolute atomic E-state index is 14.0. The molecule has 8 nitrogen and oxygen atoms in total. The number of benzene rings is 3. The van der Waals surface area contributed by atoms with Crippen molar-refractivity contribution < 1.29 is 14.5 Å². The van der Waals surface area contributed by atoms with E-state index in [2.05, 4.69) is 22.0 Å². The normalized spacial score (nSPS) is 18.0. The molecule has 0 spiro atoms. The summed E-state index contributed by atoms with van der Waals surface area (Å²) >= 11 is 3.44. The number of rotatable bonds is 6. The SMILES string of the molecule is Cc1cc(C)c(C2C(C#N)=C(N)N(c3ccccc3[N+](=O)[O-])C3=C2C(=O)CC(C)(C)C3)cc1COc1ccc(Br)cc1. The third kappa shape index (κ3) is 5.30. The second-order valence-corrected chi connectivity index (χ2v) is 12.5. The molecule has 0 saturated carbocycles. The fraction of sp³-hybridized carbons (Fsp3) is 0.273. The Morgan fingerprint density at radius 2 is 1.81 bits per heavy atom. The first-order chi connectivity index (χ1) is 19.9. The minimum absolute atomic E-state index is 0.0914. The smallest absolute Gasteiger partial charge is 0.293 e. The molecule has 0 bridgehead atoms. The summed E-state index contributed by atoms with van der Waals surface area (Å²) in [7, 11) is 0. The zero-order valence-electron chi connectivity index (χ0n) is 23.9. The quantitative estimate of drug-likeness (QED) is 0.222. The van der Waals surface area contributed by atoms with E-state index in [9.17, 15) is 20.2 Å². The maximum atomic E-state index is 14.0. The zero-order chi connectivity index (χ0) is 30.3. The van der Waals surface area contributed by atoms with E-state index in [1.165, 1.54) is 6.07 Å². The summed E-state index contributed by atoms with van der Waals surface area (Å²) in [5, 5.41) is 22.5. The monoisotopic (exact) mass is 626 g/mol. The lowest BCUT2D eigenvalue weighted by atomic mass is 9.68. The molecule has 42 heavy (non-hydrogen) atoms. The topological polar surface area (TPSA) is 122 Å². The number of ether oxygens (including phenoxy) is 1. The van der Waals surface area contributed by atoms with Gasteiger partial charge in [-0.05, 0) is 78.3 Å². The van der Waals surface area contributed by atoms with Crippen LogP contribution in [0.3, 0.4) is 0 Å². The van der Waals surface area contributed by atoms with Gasteiger partial charge in [-0.25, -0.2) is 0 Å². The van der Waals surface area contributed by atoms with Crippen LogP contribution in [0.1, 0.15) is 54.9 Å². The highest BCUT2D eigenvalue weighted by Crippen LogP contribution is 2.51. The van der Waals surface area contributed by atoms with Crippen molar-refractivity contribution >= 4 is 33.1 Å². The number of nitro groups is 1. The highest BCUT2D eigenvalue weighted by molar-refractivity contribution is 9.10. The van der Waals surface area contributed by atoms with Crippen molar-refractivity contribution in [2.45, 2.75) is 53.1 Å². The molecule has 3 aromatic carbocycles. The van der Waals surface area contributed by atoms with Gasteiger partial charge >= 0.3 is 0 Å². The molecule has 1 aliphatic heterocycles. The molecule has 1 unspecified atom stereocenters. The predicted molar refractivity (Wildman–Crippen MR) is 165 cm³/mol. The maximum Gasteiger partial charge on any atom is 0.293 e. The highest BCUT2D eigenvalue weighted by Gasteiger charge is 2.46. The van der Waals surface area contributed by atoms with Crippen LogP contribution < -0.4 is 15.4 Å². The standard InChI is InChI=1S/C33H31BrN4O4/c1-19-13-20(2)24(14-21(19)18-42-23-11-9-22(34)10-12-23)30-25(17-35)32(36)37(26-7-5-6-8-27(26)38(40)41)28-15-33(3,4)16-29(39)31(28)30/h5-14,30H,15-16,18,36H2,1-4H3. The zero-order valence-corrected chi connectivity index (χ0v) is 25.5. The van der Waals surface area contributed by atoms with Crippen LogP contribution in [0.4, 0.5) is 11.4 Å². The summed E-state index contributed by atoms with van der Waals surface area (Å²) in [6.07, 6.45) is 0.747. The molecule has 1 heterocycles. The fourth-order valence-corrected chi connectivity index (χ4v) is 6.24. The van der Waals surface area contributed by atoms with E-state index in [1.807, 2.05) is 64.1 Å². The molecule has 1 atom stereocenters. The Labute approximate surface area is 253 Å². The Bertz CT molecular complexity index is 1720. The number of nitriles is 1. The van der Waals surface area contributed by atoms with Crippen LogP contribution >= 0.6 is 15.9 Å². The number of hydrogen-bond acceptors (Lipinski definition) is 7. The second kappa shape index (κ2) is 11.1. The van der Waals surface area contributed by atoms with Gasteiger partial charge in [0.05, 0.1) is 22.5 Å². The van der Waals surface area contributed by atoms with Crippen LogP contribution in [0, 0.1) is 40.7 Å². The Balaban J connectivity index is 1.69. The van der Waals surface area contributed by atoms with Gasteiger partial charge in [0.25, 0.3) is 5.69 Å². The molecule has 5 rings (SSSR count). The molecule has 0 fully saturated rings. The molecule has 0 saturated heterocycles. The number of halogens is 1. The third-order valence-electron chi connectivity index (χ3n) is 7.94. The molecule has 2 aliphatic rings. The van der Waals surface area contributed by atoms with Crippen LogP contribution in [0.25, 0.3) is 0 Å². The number of ketones is 1. The minimum Gasteiger partial charge on any atom is -0.489 e. The van der Waals surface area contributed by atoms with E-state index < -0.39 is 16.3 Å². The number of carbonyl (C=O) groups excluding carboxylic acids is 1. The Morgan fingerprint density at radius 1 is 1.12 bits per heavy atom. The Kier molecular flexibility index (Phi) is 7.69. The fourth-order valence-electron chi connectivity index (χ4n) is 5.98. The molecule has 3 aromatic rings. The number of carbonyl (C=O) groups is 1. The molecular formula is C33H31BrN4O4. The van der Waals surface area contributed by atoms with Gasteiger partial charge in [0, 0.05) is 28.2 Å². The molecule has 1 aliphatic carbocycles. The molecule has 2 N–H and O–H groups in total. The third-order valence-corrected chi connectivity index (χ3v) is 8.47. The molecule has 0 radical (unpaired) electrons. The molecule has 214 valence electrons. The minimum atomic E-state index is -0.709. The summed E-state index contributed by atoms with van der Waals surface area (Å²) in [6, 6.07) is 20.1. The van der Waals surface area contributed by atoms with Gasteiger partial charge in [0.1, 0.15) is 23.9 Å². The number of nitrogens with two attached hydrogens (primary N) is 1. The average Bonchev–Trinajstić information content (AvgIpc) is 2.92. The van der Waals surface area contributed by atoms with E-state index in [4.69, 9.17) is 10.5 Å². The Hall–Kier alpha value is -4.42. The summed E-state index contributed by atoms with van der Waals surface area (Å²) < 4.78 is 7.03. The van der Waals surface area contributed by atoms with Gasteiger partial charge in [0.2, 0.25) is 0 Å². The summed E-state index contributed by atoms with van der Waals surface area (Å²) in [6.45, 7) is 8.25. The van der Waals surface area contributed by atoms with E-state index in [0.717, 1.165) is 26.7 Å². The molecule has 0 aromatic heterocycles. The van der Waals surface area contributed by atoms with Crippen LogP contribution in [0.15, 0.2) is 87.8 Å². The van der Waals surface area contributed by atoms with E-state index in [1.54, 1.807) is 23.1 Å². The number of allylic oxidation sites excluding steroid dienone is 3. The lowest BCUT2D eigenvalue weighted by molar-refractivity contribution is -0.384. The van der Waals surface area contributed by atoms with Crippen molar-refractivity contribution in [2.24, 2.45) is 11.1 Å². The number of Topliss-reactive ketones (excluding diaryl/α,β-unsaturated/α-hetero) is 1. The average molecular weight is 628 g/mol. The largest absolute Gasteiger partial charge is 0.489 e. The van der Waals surface area contributed by atoms with Crippen LogP contribution in [-0.4, -0.2) is 10.7 Å². The van der Waals surface area contributed by atoms with Crippen molar-refractivity contribution in [3.63, 3.8) is 0 Å². The Morgan fingerprint density at radius 3 is 2.48 bits per heavy atom. The van der Waals surface area contributed by atoms with E-state index in [0.29, 0.717) is 30.0 Å². The van der Waals surface area contributed by atoms with Crippen molar-refractivity contribution in [2.75, 3.05) is 4.90 Å². The summed E-state index contributed by atoms with van der Waals surface area (Å²) in [5.74, 6) is 0.00471. The number of nitro benzene ring substituents is 1. The number of anilines is 1. The molecule has 0 amide bonds. The van der Waals surface area contributed by atoms with Crippen molar-refractivity contribution in [1.29, 1.82) is 5.26 Å². The van der Waals surface area contributed by atoms with Gasteiger partial charge in [-0.15, -0.1) is 0 Å². The van der Waals surface area contributed by atoms with Crippen LogP contribution in [0.2, 0.25) is 0 Å². The first-order valence-electron chi connectivity index (χ1n) is 13.6. The van der Waals surface area contributed by atoms with E-state index in [-0.39, 0.29) is 35.0 Å². The summed E-state index contributed by atoms with van der Waals surface area (Å²) in [4.78, 5) is 27.1. The number of hydrogen-bond donors (Lipinski definition) is 1. The number of para-hydroxylation sites is 2. The van der Waals surface area contributed by atoms with Crippen LogP contribution in [-0.2, 0) is 11.4 Å². The van der Waals surface area contributed by atoms with Crippen LogP contribution in [0.5, 0.6) is 5.75 Å².